The van der Waals surface area contributed by atoms with E-state index in [1.807, 2.05) is 51.1 Å². The number of methoxy groups -OCH3 is 2. The van der Waals surface area contributed by atoms with E-state index in [0.717, 1.165) is 81.8 Å². The minimum Gasteiger partial charge on any atom is -0.494 e. The highest BCUT2D eigenvalue weighted by Gasteiger charge is 2.18. The Bertz CT molecular complexity index is 1070. The van der Waals surface area contributed by atoms with Gasteiger partial charge in [0, 0.05) is 38.7 Å². The van der Waals surface area contributed by atoms with Crippen LogP contribution < -0.4 is 15.8 Å². The number of esters is 1. The second-order valence-corrected chi connectivity index (χ2v) is 13.7. The standard InChI is InChI=1S/C21H37NO3.C15H21NO4.C5H12O/c1-2-3-4-8-12-15-20(24)16-13-10-7-5-6-9-11-14-19(18-23)17-21(22)25;1-3-4-9-20-13-7-5-12(6-8-13)10-14(16-11-17)15(18)19-2;1-5(2,3)6-4/h9,11,18-19H,2-8,10,12-17H2,1H3,(H2,22,25);5-8,11,14H,3-4,9-10H2,1-2H3,(H,16,17);1-4H3/b11-9+;;/t19-;14-;/m00./s1. The number of benzene rings is 1. The van der Waals surface area contributed by atoms with E-state index in [-0.39, 0.29) is 17.9 Å². The summed E-state index contributed by atoms with van der Waals surface area (Å²) in [6.45, 7) is 11.1. The molecule has 0 fully saturated rings. The number of allylic oxidation sites excluding steroid dienone is 2. The van der Waals surface area contributed by atoms with Crippen molar-refractivity contribution in [1.29, 1.82) is 0 Å². The number of carbonyl (C=O) groups is 5. The number of amides is 2. The second kappa shape index (κ2) is 33.6. The lowest BCUT2D eigenvalue weighted by molar-refractivity contribution is -0.144. The first-order valence-corrected chi connectivity index (χ1v) is 18.8. The molecule has 1 rings (SSSR count). The Hall–Kier alpha value is -3.53. The Labute approximate surface area is 309 Å². The van der Waals surface area contributed by atoms with Gasteiger partial charge in [-0.15, -0.1) is 0 Å². The average Bonchev–Trinajstić information content (AvgIpc) is 3.10. The number of carbonyl (C=O) groups excluding carboxylic acids is 5. The molecule has 2 atom stereocenters. The van der Waals surface area contributed by atoms with E-state index in [4.69, 9.17) is 15.2 Å². The monoisotopic (exact) mass is 719 g/mol. The molecule has 10 nitrogen and oxygen atoms in total. The van der Waals surface area contributed by atoms with E-state index < -0.39 is 17.9 Å². The third-order valence-electron chi connectivity index (χ3n) is 7.89. The molecule has 0 aliphatic carbocycles. The predicted octanol–water partition coefficient (Wildman–Crippen LogP) is 8.02. The Kier molecular flexibility index (Phi) is 32.7. The first-order chi connectivity index (χ1) is 24.4. The zero-order valence-electron chi connectivity index (χ0n) is 32.8. The molecule has 1 aromatic carbocycles. The SMILES string of the molecule is CCCCCCCC(=O)CCCCCC/C=C/C[C@H](C=O)CC(N)=O.CCCCOc1ccc(C[C@H](NC=O)C(=O)OC)cc1.COC(C)(C)C. The highest BCUT2D eigenvalue weighted by molar-refractivity contribution is 5.79. The van der Waals surface area contributed by atoms with Crippen molar-refractivity contribution in [1.82, 2.24) is 5.32 Å². The van der Waals surface area contributed by atoms with Crippen molar-refractivity contribution in [2.75, 3.05) is 20.8 Å². The molecule has 3 N–H and O–H groups in total. The summed E-state index contributed by atoms with van der Waals surface area (Å²) in [5.74, 6) is 0.0500. The third-order valence-corrected chi connectivity index (χ3v) is 7.89. The van der Waals surface area contributed by atoms with E-state index in [1.54, 1.807) is 7.11 Å². The normalized spacial score (nSPS) is 12.0. The lowest BCUT2D eigenvalue weighted by Gasteiger charge is -2.14. The summed E-state index contributed by atoms with van der Waals surface area (Å²) in [4.78, 5) is 55.3. The molecule has 0 saturated carbocycles. The number of primary amides is 1. The molecule has 0 bridgehead atoms. The van der Waals surface area contributed by atoms with Gasteiger partial charge in [-0.1, -0.05) is 83.1 Å². The predicted molar refractivity (Wildman–Crippen MR) is 206 cm³/mol. The molecule has 51 heavy (non-hydrogen) atoms. The largest absolute Gasteiger partial charge is 0.494 e. The molecular formula is C41H70N2O8. The van der Waals surface area contributed by atoms with Crippen LogP contribution in [0.3, 0.4) is 0 Å². The Balaban J connectivity index is 0. The summed E-state index contributed by atoms with van der Waals surface area (Å²) in [5.41, 5.74) is 6.06. The van der Waals surface area contributed by atoms with Gasteiger partial charge in [0.1, 0.15) is 23.9 Å². The van der Waals surface area contributed by atoms with Crippen LogP contribution in [0, 0.1) is 5.92 Å². The molecule has 1 aromatic rings. The summed E-state index contributed by atoms with van der Waals surface area (Å²) in [6, 6.07) is 6.82. The Morgan fingerprint density at radius 2 is 1.39 bits per heavy atom. The van der Waals surface area contributed by atoms with Crippen molar-refractivity contribution in [3.05, 3.63) is 42.0 Å². The number of unbranched alkanes of at least 4 members (excludes halogenated alkanes) is 9. The summed E-state index contributed by atoms with van der Waals surface area (Å²) in [5, 5.41) is 2.45. The smallest absolute Gasteiger partial charge is 0.328 e. The third kappa shape index (κ3) is 33.4. The molecule has 0 aliphatic heterocycles. The summed E-state index contributed by atoms with van der Waals surface area (Å²) in [7, 11) is 3.01. The van der Waals surface area contributed by atoms with Gasteiger partial charge in [-0.25, -0.2) is 4.79 Å². The molecule has 0 unspecified atom stereocenters. The minimum atomic E-state index is -0.663. The van der Waals surface area contributed by atoms with Gasteiger partial charge in [-0.05, 0) is 77.0 Å². The first kappa shape index (κ1) is 49.6. The fourth-order valence-corrected chi connectivity index (χ4v) is 4.55. The van der Waals surface area contributed by atoms with Crippen molar-refractivity contribution in [2.45, 2.75) is 155 Å². The number of aldehydes is 1. The van der Waals surface area contributed by atoms with Gasteiger partial charge < -0.3 is 30.1 Å². The summed E-state index contributed by atoms with van der Waals surface area (Å²) < 4.78 is 15.1. The van der Waals surface area contributed by atoms with Crippen LogP contribution in [0.25, 0.3) is 0 Å². The van der Waals surface area contributed by atoms with Crippen LogP contribution in [0.2, 0.25) is 0 Å². The molecule has 0 heterocycles. The lowest BCUT2D eigenvalue weighted by Crippen LogP contribution is -2.38. The fourth-order valence-electron chi connectivity index (χ4n) is 4.55. The highest BCUT2D eigenvalue weighted by atomic mass is 16.5. The molecule has 0 spiro atoms. The van der Waals surface area contributed by atoms with Crippen molar-refractivity contribution in [3.63, 3.8) is 0 Å². The number of nitrogens with two attached hydrogens (primary N) is 1. The van der Waals surface area contributed by atoms with Crippen LogP contribution >= 0.6 is 0 Å². The maximum absolute atomic E-state index is 11.7. The molecule has 292 valence electrons. The average molecular weight is 719 g/mol. The minimum absolute atomic E-state index is 0.0417. The maximum atomic E-state index is 11.7. The molecular weight excluding hydrogens is 648 g/mol. The number of ether oxygens (including phenoxy) is 3. The molecule has 0 saturated heterocycles. The second-order valence-electron chi connectivity index (χ2n) is 13.7. The number of hydrogen-bond donors (Lipinski definition) is 2. The fraction of sp³-hybridized carbons (Fsp3) is 0.683. The van der Waals surface area contributed by atoms with Gasteiger partial charge in [-0.3, -0.25) is 14.4 Å². The van der Waals surface area contributed by atoms with E-state index in [2.05, 4.69) is 30.0 Å². The number of hydrogen-bond acceptors (Lipinski definition) is 8. The summed E-state index contributed by atoms with van der Waals surface area (Å²) >= 11 is 0. The van der Waals surface area contributed by atoms with Crippen LogP contribution in [0.5, 0.6) is 5.75 Å². The highest BCUT2D eigenvalue weighted by Crippen LogP contribution is 2.15. The lowest BCUT2D eigenvalue weighted by atomic mass is 10.0. The van der Waals surface area contributed by atoms with Gasteiger partial charge in [0.2, 0.25) is 12.3 Å². The van der Waals surface area contributed by atoms with Crippen molar-refractivity contribution in [2.24, 2.45) is 11.7 Å². The van der Waals surface area contributed by atoms with Crippen molar-refractivity contribution in [3.8, 4) is 5.75 Å². The summed E-state index contributed by atoms with van der Waals surface area (Å²) in [6.07, 6.45) is 21.4. The van der Waals surface area contributed by atoms with Gasteiger partial charge >= 0.3 is 5.97 Å². The molecule has 0 radical (unpaired) electrons. The first-order valence-electron chi connectivity index (χ1n) is 18.8. The van der Waals surface area contributed by atoms with Gasteiger partial charge in [0.25, 0.3) is 0 Å². The van der Waals surface area contributed by atoms with Gasteiger partial charge in [0.05, 0.1) is 19.3 Å². The van der Waals surface area contributed by atoms with E-state index in [0.29, 0.717) is 31.6 Å². The molecule has 0 aliphatic rings. The molecule has 2 amide bonds. The van der Waals surface area contributed by atoms with Crippen LogP contribution in [0.1, 0.15) is 143 Å². The zero-order chi connectivity index (χ0) is 38.8. The topological polar surface area (TPSA) is 151 Å². The number of ketones is 1. The quantitative estimate of drug-likeness (QED) is 0.0402. The van der Waals surface area contributed by atoms with E-state index in [1.165, 1.54) is 32.8 Å². The number of nitrogens with one attached hydrogen (secondary N) is 1. The van der Waals surface area contributed by atoms with Crippen LogP contribution in [0.4, 0.5) is 0 Å². The van der Waals surface area contributed by atoms with Gasteiger partial charge in [-0.2, -0.15) is 0 Å². The van der Waals surface area contributed by atoms with Crippen LogP contribution in [0.15, 0.2) is 36.4 Å². The maximum Gasteiger partial charge on any atom is 0.328 e. The van der Waals surface area contributed by atoms with Crippen molar-refractivity contribution < 1.29 is 38.2 Å². The van der Waals surface area contributed by atoms with E-state index in [9.17, 15) is 24.0 Å². The Morgan fingerprint density at radius 1 is 0.824 bits per heavy atom. The Morgan fingerprint density at radius 3 is 1.88 bits per heavy atom. The molecule has 10 heteroatoms. The number of rotatable bonds is 27. The van der Waals surface area contributed by atoms with E-state index >= 15 is 0 Å². The van der Waals surface area contributed by atoms with Crippen LogP contribution in [-0.4, -0.2) is 62.8 Å². The van der Waals surface area contributed by atoms with Crippen LogP contribution in [-0.2, 0) is 39.9 Å². The zero-order valence-corrected chi connectivity index (χ0v) is 32.8. The van der Waals surface area contributed by atoms with Crippen molar-refractivity contribution >= 4 is 30.4 Å². The number of Topliss-reactive ketones (excluding diaryl/α,β-unsaturated/α-hetero) is 1. The van der Waals surface area contributed by atoms with Gasteiger partial charge in [0.15, 0.2) is 0 Å². The molecule has 0 aromatic heterocycles.